The number of nitriles is 1. The lowest BCUT2D eigenvalue weighted by molar-refractivity contribution is 0.0703. The summed E-state index contributed by atoms with van der Waals surface area (Å²) < 4.78 is 23.2. The van der Waals surface area contributed by atoms with E-state index in [1.807, 2.05) is 6.07 Å². The number of aromatic carboxylic acids is 1. The molecule has 1 N–H and O–H groups in total. The highest BCUT2D eigenvalue weighted by molar-refractivity contribution is 7.92. The number of nitrogens with zero attached hydrogens (tertiary/aromatic N) is 1. The normalized spacial score (nSPS) is 11.0. The molecule has 7 heteroatoms. The molecule has 2 rings (SSSR count). The molecule has 0 aliphatic heterocycles. The summed E-state index contributed by atoms with van der Waals surface area (Å²) in [6.07, 6.45) is 0.958. The Morgan fingerprint density at radius 2 is 1.90 bits per heavy atom. The Labute approximate surface area is 119 Å². The van der Waals surface area contributed by atoms with Crippen molar-refractivity contribution in [3.8, 4) is 17.2 Å². The summed E-state index contributed by atoms with van der Waals surface area (Å²) in [6.45, 7) is 0. The third-order valence-corrected chi connectivity index (χ3v) is 5.59. The number of thiophene rings is 1. The first-order chi connectivity index (χ1) is 9.36. The summed E-state index contributed by atoms with van der Waals surface area (Å²) in [4.78, 5) is 11.2. The molecule has 0 bridgehead atoms. The molecule has 0 unspecified atom stereocenters. The monoisotopic (exact) mass is 307 g/mol. The van der Waals surface area contributed by atoms with Gasteiger partial charge in [0.15, 0.2) is 9.84 Å². The Bertz CT molecular complexity index is 814. The van der Waals surface area contributed by atoms with E-state index in [0.29, 0.717) is 16.9 Å². The zero-order valence-electron chi connectivity index (χ0n) is 10.3. The molecule has 1 aromatic carbocycles. The maximum absolute atomic E-state index is 11.7. The number of hydrogen-bond donors (Lipinski definition) is 1. The fourth-order valence-electron chi connectivity index (χ4n) is 1.80. The third kappa shape index (κ3) is 2.43. The predicted octanol–water partition coefficient (Wildman–Crippen LogP) is 2.39. The van der Waals surface area contributed by atoms with Gasteiger partial charge in [-0.2, -0.15) is 5.26 Å². The number of carbonyl (C=O) groups is 1. The van der Waals surface area contributed by atoms with Crippen LogP contribution in [0.5, 0.6) is 0 Å². The van der Waals surface area contributed by atoms with Crippen molar-refractivity contribution in [2.75, 3.05) is 6.26 Å². The van der Waals surface area contributed by atoms with Gasteiger partial charge in [0, 0.05) is 11.8 Å². The van der Waals surface area contributed by atoms with Gasteiger partial charge in [-0.3, -0.25) is 0 Å². The van der Waals surface area contributed by atoms with Crippen molar-refractivity contribution in [3.63, 3.8) is 0 Å². The van der Waals surface area contributed by atoms with Crippen molar-refractivity contribution in [1.82, 2.24) is 0 Å². The molecular formula is C13H9NO4S2. The van der Waals surface area contributed by atoms with Crippen LogP contribution in [0.1, 0.15) is 15.2 Å². The molecular weight excluding hydrogens is 298 g/mol. The topological polar surface area (TPSA) is 95.2 Å². The lowest BCUT2D eigenvalue weighted by Gasteiger charge is -2.01. The smallest absolute Gasteiger partial charge is 0.346 e. The van der Waals surface area contributed by atoms with E-state index in [4.69, 9.17) is 0 Å². The first-order valence-corrected chi connectivity index (χ1v) is 8.12. The molecule has 0 saturated heterocycles. The Balaban J connectivity index is 2.89. The molecule has 0 aliphatic carbocycles. The molecule has 0 spiro atoms. The van der Waals surface area contributed by atoms with Crippen LogP contribution in [-0.2, 0) is 9.84 Å². The standard InChI is InChI=1S/C13H9NO4S2/c1-20(17,18)13-9(7-14)10(11(19-13)12(15)16)8-5-3-2-4-6-8/h2-6H,1H3,(H,15,16). The fraction of sp³-hybridized carbons (Fsp3) is 0.0769. The zero-order chi connectivity index (χ0) is 14.9. The SMILES string of the molecule is CS(=O)(=O)c1sc(C(=O)O)c(-c2ccccc2)c1C#N. The number of carboxylic acid groups (broad SMARTS) is 1. The quantitative estimate of drug-likeness (QED) is 0.939. The van der Waals surface area contributed by atoms with Crippen molar-refractivity contribution in [1.29, 1.82) is 5.26 Å². The maximum atomic E-state index is 11.7. The van der Waals surface area contributed by atoms with Crippen LogP contribution in [0.25, 0.3) is 11.1 Å². The Morgan fingerprint density at radius 1 is 1.30 bits per heavy atom. The second kappa shape index (κ2) is 5.07. The Morgan fingerprint density at radius 3 is 2.35 bits per heavy atom. The lowest BCUT2D eigenvalue weighted by Crippen LogP contribution is -1.97. The predicted molar refractivity (Wildman–Crippen MR) is 74.5 cm³/mol. The van der Waals surface area contributed by atoms with Gasteiger partial charge in [0.2, 0.25) is 0 Å². The van der Waals surface area contributed by atoms with Crippen LogP contribution in [0.3, 0.4) is 0 Å². The van der Waals surface area contributed by atoms with Crippen LogP contribution in [-0.4, -0.2) is 25.7 Å². The second-order valence-electron chi connectivity index (χ2n) is 4.02. The average Bonchev–Trinajstić information content (AvgIpc) is 2.79. The Kier molecular flexibility index (Phi) is 3.61. The van der Waals surface area contributed by atoms with Gasteiger partial charge < -0.3 is 5.11 Å². The zero-order valence-corrected chi connectivity index (χ0v) is 12.0. The van der Waals surface area contributed by atoms with E-state index in [1.54, 1.807) is 30.3 Å². The van der Waals surface area contributed by atoms with Crippen LogP contribution in [0.2, 0.25) is 0 Å². The van der Waals surface area contributed by atoms with Gasteiger partial charge in [0.1, 0.15) is 15.2 Å². The number of carboxylic acids is 1. The molecule has 0 amide bonds. The largest absolute Gasteiger partial charge is 0.477 e. The van der Waals surface area contributed by atoms with Crippen LogP contribution in [0.4, 0.5) is 0 Å². The van der Waals surface area contributed by atoms with E-state index in [2.05, 4.69) is 0 Å². The minimum atomic E-state index is -3.66. The van der Waals surface area contributed by atoms with Gasteiger partial charge >= 0.3 is 5.97 Å². The molecule has 0 atom stereocenters. The van der Waals surface area contributed by atoms with Gasteiger partial charge in [0.25, 0.3) is 0 Å². The van der Waals surface area contributed by atoms with Crippen molar-refractivity contribution in [2.24, 2.45) is 0 Å². The highest BCUT2D eigenvalue weighted by Crippen LogP contribution is 2.38. The van der Waals surface area contributed by atoms with Crippen molar-refractivity contribution < 1.29 is 18.3 Å². The maximum Gasteiger partial charge on any atom is 0.346 e. The lowest BCUT2D eigenvalue weighted by atomic mass is 10.0. The Hall–Kier alpha value is -2.17. The van der Waals surface area contributed by atoms with E-state index in [0.717, 1.165) is 6.26 Å². The molecule has 2 aromatic rings. The third-order valence-electron chi connectivity index (χ3n) is 2.58. The van der Waals surface area contributed by atoms with Crippen molar-refractivity contribution in [3.05, 3.63) is 40.8 Å². The molecule has 5 nitrogen and oxygen atoms in total. The molecule has 0 aliphatic rings. The van der Waals surface area contributed by atoms with Crippen LogP contribution < -0.4 is 0 Å². The van der Waals surface area contributed by atoms with Gasteiger partial charge in [-0.05, 0) is 5.56 Å². The summed E-state index contributed by atoms with van der Waals surface area (Å²) in [5.74, 6) is -1.25. The van der Waals surface area contributed by atoms with Gasteiger partial charge in [-0.25, -0.2) is 13.2 Å². The molecule has 0 radical (unpaired) electrons. The highest BCUT2D eigenvalue weighted by Gasteiger charge is 2.28. The summed E-state index contributed by atoms with van der Waals surface area (Å²) >= 11 is 0.611. The van der Waals surface area contributed by atoms with E-state index < -0.39 is 15.8 Å². The van der Waals surface area contributed by atoms with Gasteiger partial charge in [0.05, 0.1) is 5.56 Å². The fourth-order valence-corrected chi connectivity index (χ4v) is 4.02. The van der Waals surface area contributed by atoms with E-state index in [-0.39, 0.29) is 20.2 Å². The number of hydrogen-bond acceptors (Lipinski definition) is 5. The second-order valence-corrected chi connectivity index (χ2v) is 7.26. The van der Waals surface area contributed by atoms with E-state index in [9.17, 15) is 23.6 Å². The minimum absolute atomic E-state index is 0.110. The first-order valence-electron chi connectivity index (χ1n) is 5.42. The van der Waals surface area contributed by atoms with Crippen LogP contribution >= 0.6 is 11.3 Å². The average molecular weight is 307 g/mol. The minimum Gasteiger partial charge on any atom is -0.477 e. The number of benzene rings is 1. The summed E-state index contributed by atoms with van der Waals surface area (Å²) in [5, 5.41) is 18.5. The molecule has 1 aromatic heterocycles. The molecule has 1 heterocycles. The summed E-state index contributed by atoms with van der Waals surface area (Å²) in [6, 6.07) is 10.2. The van der Waals surface area contributed by atoms with Crippen molar-refractivity contribution >= 4 is 27.1 Å². The molecule has 0 saturated carbocycles. The molecule has 0 fully saturated rings. The first kappa shape index (κ1) is 14.2. The summed E-state index contributed by atoms with van der Waals surface area (Å²) in [5.41, 5.74) is 0.555. The van der Waals surface area contributed by atoms with Gasteiger partial charge in [-0.1, -0.05) is 30.3 Å². The highest BCUT2D eigenvalue weighted by atomic mass is 32.2. The molecule has 102 valence electrons. The van der Waals surface area contributed by atoms with E-state index >= 15 is 0 Å². The number of rotatable bonds is 3. The van der Waals surface area contributed by atoms with Gasteiger partial charge in [-0.15, -0.1) is 11.3 Å². The van der Waals surface area contributed by atoms with E-state index in [1.165, 1.54) is 0 Å². The van der Waals surface area contributed by atoms with Crippen LogP contribution in [0.15, 0.2) is 34.5 Å². The molecule has 20 heavy (non-hydrogen) atoms. The summed E-state index contributed by atoms with van der Waals surface area (Å²) in [7, 11) is -3.66. The van der Waals surface area contributed by atoms with Crippen LogP contribution in [0, 0.1) is 11.3 Å². The number of sulfone groups is 1. The van der Waals surface area contributed by atoms with Crippen molar-refractivity contribution in [2.45, 2.75) is 4.21 Å².